The van der Waals surface area contributed by atoms with Gasteiger partial charge in [-0.25, -0.2) is 24.5 Å². The Kier molecular flexibility index (Phi) is 6.60. The Balaban J connectivity index is 1.52. The summed E-state index contributed by atoms with van der Waals surface area (Å²) in [6.07, 6.45) is 1.66. The van der Waals surface area contributed by atoms with Gasteiger partial charge in [0.25, 0.3) is 0 Å². The molecule has 3 heterocycles. The van der Waals surface area contributed by atoms with Crippen molar-refractivity contribution >= 4 is 17.1 Å². The highest BCUT2D eigenvalue weighted by atomic mass is 16.5. The number of carbonyl (C=O) groups is 1. The first-order valence-corrected chi connectivity index (χ1v) is 12.7. The molecule has 0 unspecified atom stereocenters. The molecule has 0 amide bonds. The first kappa shape index (κ1) is 25.7. The van der Waals surface area contributed by atoms with Crippen LogP contribution in [0.5, 0.6) is 11.5 Å². The Bertz CT molecular complexity index is 1890. The monoisotopic (exact) mass is 548 g/mol. The Morgan fingerprint density at radius 2 is 1.41 bits per heavy atom. The lowest BCUT2D eigenvalue weighted by molar-refractivity contribution is 0.0697. The van der Waals surface area contributed by atoms with Crippen LogP contribution < -0.4 is 15.2 Å². The Morgan fingerprint density at radius 1 is 0.805 bits per heavy atom. The Morgan fingerprint density at radius 3 is 2.00 bits per heavy atom. The number of imidazole rings is 2. The number of carboxylic acid groups (broad SMARTS) is 1. The third-order valence-corrected chi connectivity index (χ3v) is 6.77. The van der Waals surface area contributed by atoms with E-state index in [4.69, 9.17) is 19.4 Å². The van der Waals surface area contributed by atoms with Crippen LogP contribution in [0.25, 0.3) is 34.1 Å². The van der Waals surface area contributed by atoms with Crippen molar-refractivity contribution in [3.63, 3.8) is 0 Å². The quantitative estimate of drug-likeness (QED) is 0.300. The van der Waals surface area contributed by atoms with E-state index in [1.807, 2.05) is 53.1 Å². The summed E-state index contributed by atoms with van der Waals surface area (Å²) in [6, 6.07) is 21.3. The van der Waals surface area contributed by atoms with Gasteiger partial charge in [0.1, 0.15) is 22.7 Å². The molecular weight excluding hydrogens is 524 g/mol. The van der Waals surface area contributed by atoms with Gasteiger partial charge in [-0.3, -0.25) is 4.57 Å². The topological polar surface area (TPSA) is 134 Å². The number of fused-ring (bicyclic) bond motifs is 3. The van der Waals surface area contributed by atoms with Gasteiger partial charge in [-0.1, -0.05) is 36.4 Å². The van der Waals surface area contributed by atoms with Crippen molar-refractivity contribution in [1.82, 2.24) is 29.1 Å². The van der Waals surface area contributed by atoms with Crippen LogP contribution in [0, 0.1) is 0 Å². The molecule has 1 N–H and O–H groups in total. The van der Waals surface area contributed by atoms with Crippen molar-refractivity contribution < 1.29 is 19.4 Å². The molecule has 204 valence electrons. The summed E-state index contributed by atoms with van der Waals surface area (Å²) >= 11 is 0. The highest BCUT2D eigenvalue weighted by molar-refractivity contribution is 5.89. The van der Waals surface area contributed by atoms with Crippen LogP contribution in [0.2, 0.25) is 0 Å². The lowest BCUT2D eigenvalue weighted by atomic mass is 10.1. The fraction of sp³-hybridized carbons (Fsp3) is 0.133. The minimum Gasteiger partial charge on any atom is -0.497 e. The molecule has 1 aromatic heterocycles. The summed E-state index contributed by atoms with van der Waals surface area (Å²) in [6.45, 7) is 0.676. The van der Waals surface area contributed by atoms with E-state index in [1.54, 1.807) is 32.7 Å². The predicted molar refractivity (Wildman–Crippen MR) is 151 cm³/mol. The summed E-state index contributed by atoms with van der Waals surface area (Å²) in [5, 5.41) is 9.36. The van der Waals surface area contributed by atoms with Crippen LogP contribution in [0.15, 0.2) is 83.9 Å². The largest absolute Gasteiger partial charge is 0.497 e. The lowest BCUT2D eigenvalue weighted by Gasteiger charge is -2.06. The van der Waals surface area contributed by atoms with Crippen molar-refractivity contribution in [1.29, 1.82) is 0 Å². The molecule has 41 heavy (non-hydrogen) atoms. The lowest BCUT2D eigenvalue weighted by Crippen LogP contribution is -2.18. The summed E-state index contributed by atoms with van der Waals surface area (Å²) in [5.74, 6) is 1.04. The van der Waals surface area contributed by atoms with Crippen molar-refractivity contribution in [3.8, 4) is 34.4 Å². The van der Waals surface area contributed by atoms with E-state index >= 15 is 0 Å². The van der Waals surface area contributed by atoms with E-state index in [0.29, 0.717) is 46.4 Å². The van der Waals surface area contributed by atoms with Crippen molar-refractivity contribution in [2.75, 3.05) is 14.2 Å². The van der Waals surface area contributed by atoms with Gasteiger partial charge in [-0.05, 0) is 47.5 Å². The molecule has 0 atom stereocenters. The average molecular weight is 549 g/mol. The molecule has 0 radical (unpaired) electrons. The number of ether oxygens (including phenoxy) is 2. The normalized spacial score (nSPS) is 11.2. The first-order chi connectivity index (χ1) is 19.9. The summed E-state index contributed by atoms with van der Waals surface area (Å²) in [5.41, 5.74) is 3.34. The number of benzene rings is 3. The molecule has 2 aliphatic heterocycles. The van der Waals surface area contributed by atoms with Crippen molar-refractivity contribution in [2.45, 2.75) is 13.1 Å². The van der Waals surface area contributed by atoms with Crippen LogP contribution in [-0.2, 0) is 13.1 Å². The molecular formula is C30H24N6O5. The molecule has 0 spiro atoms. The predicted octanol–water partition coefficient (Wildman–Crippen LogP) is 3.97. The zero-order chi connectivity index (χ0) is 28.5. The second kappa shape index (κ2) is 10.5. The van der Waals surface area contributed by atoms with Gasteiger partial charge in [-0.15, -0.1) is 0 Å². The molecule has 2 aliphatic rings. The van der Waals surface area contributed by atoms with Crippen molar-refractivity contribution in [2.24, 2.45) is 0 Å². The van der Waals surface area contributed by atoms with Gasteiger partial charge in [0.2, 0.25) is 0 Å². The van der Waals surface area contributed by atoms with Gasteiger partial charge in [0.05, 0.1) is 39.2 Å². The highest BCUT2D eigenvalue weighted by Gasteiger charge is 2.23. The number of nitrogens with zero attached hydrogens (tertiary/aromatic N) is 6. The van der Waals surface area contributed by atoms with Gasteiger partial charge in [0, 0.05) is 5.56 Å². The number of aromatic nitrogens is 6. The first-order valence-electron chi connectivity index (χ1n) is 12.7. The number of methoxy groups -OCH3 is 2. The number of rotatable bonds is 8. The highest BCUT2D eigenvalue weighted by Crippen LogP contribution is 2.28. The number of hydrogen-bond acceptors (Lipinski definition) is 8. The summed E-state index contributed by atoms with van der Waals surface area (Å²) < 4.78 is 13.9. The average Bonchev–Trinajstić information content (AvgIpc) is 3.47. The Labute approximate surface area is 233 Å². The molecule has 11 heteroatoms. The summed E-state index contributed by atoms with van der Waals surface area (Å²) in [7, 11) is 3.21. The standard InChI is InChI=1S/C30H24N6O5/c1-40-22-11-3-18(4-12-22)15-35-17-31-24-25-28(36(30(39)32-25)16-19-5-13-23(41-2)14-6-19)34-26(33-27(24)35)20-7-9-21(10-8-20)29(37)38/h3-14,17H,15-16H2,1-2H3,(H,37,38). The minimum atomic E-state index is -1.04. The maximum atomic E-state index is 13.2. The van der Waals surface area contributed by atoms with E-state index in [0.717, 1.165) is 16.9 Å². The third-order valence-electron chi connectivity index (χ3n) is 6.77. The van der Waals surface area contributed by atoms with Gasteiger partial charge in [0.15, 0.2) is 17.3 Å². The molecule has 0 saturated carbocycles. The van der Waals surface area contributed by atoms with E-state index < -0.39 is 11.7 Å². The molecule has 0 fully saturated rings. The fourth-order valence-corrected chi connectivity index (χ4v) is 4.57. The molecule has 0 aliphatic carbocycles. The maximum Gasteiger partial charge on any atom is 0.350 e. The molecule has 3 aromatic carbocycles. The van der Waals surface area contributed by atoms with Crippen molar-refractivity contribution in [3.05, 3.63) is 106 Å². The SMILES string of the molecule is COc1ccc(Cn2c3nc(-c4ccc(C(=O)O)cc4)nc4c(ncn4Cc4ccc(OC)cc4)c-3nc2=O)cc1. The minimum absolute atomic E-state index is 0.139. The van der Waals surface area contributed by atoms with E-state index in [9.17, 15) is 14.7 Å². The smallest absolute Gasteiger partial charge is 0.350 e. The van der Waals surface area contributed by atoms with E-state index in [2.05, 4.69) is 9.97 Å². The Hall–Kier alpha value is -5.58. The third kappa shape index (κ3) is 4.96. The van der Waals surface area contributed by atoms with E-state index in [1.165, 1.54) is 16.7 Å². The van der Waals surface area contributed by atoms with Gasteiger partial charge >= 0.3 is 11.7 Å². The van der Waals surface area contributed by atoms with Crippen LogP contribution in [0.4, 0.5) is 0 Å². The number of carboxylic acids is 1. The number of hydrogen-bond donors (Lipinski definition) is 1. The van der Waals surface area contributed by atoms with Crippen LogP contribution >= 0.6 is 0 Å². The van der Waals surface area contributed by atoms with Gasteiger partial charge < -0.3 is 19.1 Å². The second-order valence-corrected chi connectivity index (χ2v) is 9.32. The van der Waals surface area contributed by atoms with Crippen LogP contribution in [0.1, 0.15) is 21.5 Å². The second-order valence-electron chi connectivity index (χ2n) is 9.32. The molecule has 6 rings (SSSR count). The van der Waals surface area contributed by atoms with Crippen LogP contribution in [0.3, 0.4) is 0 Å². The number of aromatic carboxylic acids is 1. The molecule has 0 bridgehead atoms. The van der Waals surface area contributed by atoms with Crippen LogP contribution in [-0.4, -0.2) is 54.4 Å². The fourth-order valence-electron chi connectivity index (χ4n) is 4.57. The summed E-state index contributed by atoms with van der Waals surface area (Å²) in [4.78, 5) is 43.2. The zero-order valence-electron chi connectivity index (χ0n) is 22.2. The molecule has 11 nitrogen and oxygen atoms in total. The zero-order valence-corrected chi connectivity index (χ0v) is 22.2. The van der Waals surface area contributed by atoms with E-state index in [-0.39, 0.29) is 12.1 Å². The molecule has 0 saturated heterocycles. The maximum absolute atomic E-state index is 13.2. The van der Waals surface area contributed by atoms with Gasteiger partial charge in [-0.2, -0.15) is 4.98 Å². The molecule has 4 aromatic rings.